The normalized spacial score (nSPS) is 18.6. The van der Waals surface area contributed by atoms with Gasteiger partial charge in [0.2, 0.25) is 5.78 Å². The van der Waals surface area contributed by atoms with Gasteiger partial charge in [-0.05, 0) is 61.8 Å². The van der Waals surface area contributed by atoms with Crippen molar-refractivity contribution >= 4 is 23.5 Å². The molecule has 128 valence electrons. The molecule has 0 unspecified atom stereocenters. The molecule has 1 N–H and O–H groups in total. The SMILES string of the molecule is O=C1/C(=C/c2cccc(Cl)c2)Oc2c1ccc(O)c2CN1CCCC1. The summed E-state index contributed by atoms with van der Waals surface area (Å²) in [7, 11) is 0. The number of halogens is 1. The number of carbonyl (C=O) groups excluding carboxylic acids is 1. The second kappa shape index (κ2) is 6.54. The Morgan fingerprint density at radius 1 is 1.20 bits per heavy atom. The number of likely N-dealkylation sites (tertiary alicyclic amines) is 1. The molecular formula is C20H18ClNO3. The smallest absolute Gasteiger partial charge is 0.231 e. The molecule has 0 aromatic heterocycles. The number of phenols is 1. The monoisotopic (exact) mass is 355 g/mol. The van der Waals surface area contributed by atoms with Crippen molar-refractivity contribution in [2.75, 3.05) is 13.1 Å². The lowest BCUT2D eigenvalue weighted by atomic mass is 10.0. The molecule has 0 saturated carbocycles. The maximum Gasteiger partial charge on any atom is 0.231 e. The van der Waals surface area contributed by atoms with Gasteiger partial charge in [0.25, 0.3) is 0 Å². The predicted molar refractivity (Wildman–Crippen MR) is 97.0 cm³/mol. The van der Waals surface area contributed by atoms with Gasteiger partial charge in [0.05, 0.1) is 11.1 Å². The van der Waals surface area contributed by atoms with Gasteiger partial charge in [-0.2, -0.15) is 0 Å². The molecule has 0 amide bonds. The molecule has 0 atom stereocenters. The number of benzene rings is 2. The van der Waals surface area contributed by atoms with Crippen molar-refractivity contribution in [3.63, 3.8) is 0 Å². The Labute approximate surface area is 151 Å². The number of allylic oxidation sites excluding steroid dienone is 1. The third-order valence-electron chi connectivity index (χ3n) is 4.64. The van der Waals surface area contributed by atoms with Gasteiger partial charge in [-0.25, -0.2) is 0 Å². The summed E-state index contributed by atoms with van der Waals surface area (Å²) >= 11 is 6.00. The highest BCUT2D eigenvalue weighted by molar-refractivity contribution is 6.30. The van der Waals surface area contributed by atoms with Crippen molar-refractivity contribution in [2.24, 2.45) is 0 Å². The van der Waals surface area contributed by atoms with E-state index in [2.05, 4.69) is 4.90 Å². The van der Waals surface area contributed by atoms with Gasteiger partial charge < -0.3 is 9.84 Å². The van der Waals surface area contributed by atoms with Crippen molar-refractivity contribution in [2.45, 2.75) is 19.4 Å². The van der Waals surface area contributed by atoms with Crippen molar-refractivity contribution in [1.29, 1.82) is 0 Å². The van der Waals surface area contributed by atoms with Crippen LogP contribution in [0.1, 0.15) is 34.3 Å². The minimum atomic E-state index is -0.169. The summed E-state index contributed by atoms with van der Waals surface area (Å²) in [6.07, 6.45) is 4.01. The van der Waals surface area contributed by atoms with Gasteiger partial charge in [0.1, 0.15) is 11.5 Å². The molecule has 4 rings (SSSR count). The molecule has 0 spiro atoms. The summed E-state index contributed by atoms with van der Waals surface area (Å²) in [6, 6.07) is 10.4. The van der Waals surface area contributed by atoms with Gasteiger partial charge in [-0.1, -0.05) is 23.7 Å². The zero-order valence-corrected chi connectivity index (χ0v) is 14.4. The fourth-order valence-corrected chi connectivity index (χ4v) is 3.56. The first kappa shape index (κ1) is 16.2. The maximum atomic E-state index is 12.7. The Morgan fingerprint density at radius 3 is 2.76 bits per heavy atom. The highest BCUT2D eigenvalue weighted by atomic mass is 35.5. The number of fused-ring (bicyclic) bond motifs is 1. The summed E-state index contributed by atoms with van der Waals surface area (Å²) in [4.78, 5) is 14.9. The zero-order chi connectivity index (χ0) is 17.4. The second-order valence-corrected chi connectivity index (χ2v) is 6.85. The zero-order valence-electron chi connectivity index (χ0n) is 13.7. The molecule has 0 aliphatic carbocycles. The van der Waals surface area contributed by atoms with E-state index in [1.54, 1.807) is 30.3 Å². The predicted octanol–water partition coefficient (Wildman–Crippen LogP) is 4.26. The van der Waals surface area contributed by atoms with Crippen LogP contribution >= 0.6 is 11.6 Å². The van der Waals surface area contributed by atoms with Crippen LogP contribution in [0.5, 0.6) is 11.5 Å². The Balaban J connectivity index is 1.68. The van der Waals surface area contributed by atoms with E-state index >= 15 is 0 Å². The van der Waals surface area contributed by atoms with Crippen LogP contribution in [0.4, 0.5) is 0 Å². The van der Waals surface area contributed by atoms with Crippen molar-refractivity contribution < 1.29 is 14.6 Å². The standard InChI is InChI=1S/C20H18ClNO3/c21-14-5-3-4-13(10-14)11-18-19(24)15-6-7-17(23)16(20(15)25-18)12-22-8-1-2-9-22/h3-7,10-11,23H,1-2,8-9,12H2/b18-11-. The third-order valence-corrected chi connectivity index (χ3v) is 4.88. The van der Waals surface area contributed by atoms with E-state index in [9.17, 15) is 9.90 Å². The molecule has 2 aliphatic rings. The van der Waals surface area contributed by atoms with Crippen LogP contribution in [0.2, 0.25) is 5.02 Å². The fraction of sp³-hybridized carbons (Fsp3) is 0.250. The summed E-state index contributed by atoms with van der Waals surface area (Å²) < 4.78 is 5.87. The number of aromatic hydroxyl groups is 1. The lowest BCUT2D eigenvalue weighted by Gasteiger charge is -2.17. The number of Topliss-reactive ketones (excluding diaryl/α,β-unsaturated/α-hetero) is 1. The largest absolute Gasteiger partial charge is 0.507 e. The first-order chi connectivity index (χ1) is 12.1. The maximum absolute atomic E-state index is 12.7. The Kier molecular flexibility index (Phi) is 4.24. The van der Waals surface area contributed by atoms with E-state index in [1.807, 2.05) is 12.1 Å². The molecule has 0 bridgehead atoms. The van der Waals surface area contributed by atoms with Crippen molar-refractivity contribution in [3.8, 4) is 11.5 Å². The van der Waals surface area contributed by atoms with E-state index in [4.69, 9.17) is 16.3 Å². The van der Waals surface area contributed by atoms with Crippen LogP contribution in [0.15, 0.2) is 42.2 Å². The average molecular weight is 356 g/mol. The first-order valence-corrected chi connectivity index (χ1v) is 8.76. The van der Waals surface area contributed by atoms with Crippen molar-refractivity contribution in [1.82, 2.24) is 4.90 Å². The lowest BCUT2D eigenvalue weighted by molar-refractivity contribution is 0.101. The Hall–Kier alpha value is -2.30. The van der Waals surface area contributed by atoms with E-state index < -0.39 is 0 Å². The Bertz CT molecular complexity index is 869. The number of nitrogens with zero attached hydrogens (tertiary/aromatic N) is 1. The highest BCUT2D eigenvalue weighted by Gasteiger charge is 2.31. The third kappa shape index (κ3) is 3.15. The van der Waals surface area contributed by atoms with Gasteiger partial charge >= 0.3 is 0 Å². The lowest BCUT2D eigenvalue weighted by Crippen LogP contribution is -2.18. The molecule has 2 aliphatic heterocycles. The minimum Gasteiger partial charge on any atom is -0.507 e. The van der Waals surface area contributed by atoms with Gasteiger partial charge in [0, 0.05) is 11.6 Å². The number of rotatable bonds is 3. The van der Waals surface area contributed by atoms with Crippen molar-refractivity contribution in [3.05, 3.63) is 63.9 Å². The first-order valence-electron chi connectivity index (χ1n) is 8.39. The molecule has 0 radical (unpaired) electrons. The molecule has 1 fully saturated rings. The second-order valence-electron chi connectivity index (χ2n) is 6.42. The Morgan fingerprint density at radius 2 is 2.00 bits per heavy atom. The molecular weight excluding hydrogens is 338 g/mol. The van der Waals surface area contributed by atoms with Crippen LogP contribution in [0, 0.1) is 0 Å². The number of ketones is 1. The van der Waals surface area contributed by atoms with Gasteiger partial charge in [0.15, 0.2) is 5.76 Å². The fourth-order valence-electron chi connectivity index (χ4n) is 3.36. The van der Waals surface area contributed by atoms with E-state index in [0.29, 0.717) is 28.4 Å². The number of phenolic OH excluding ortho intramolecular Hbond substituents is 1. The van der Waals surface area contributed by atoms with E-state index in [0.717, 1.165) is 31.5 Å². The number of ether oxygens (including phenoxy) is 1. The quantitative estimate of drug-likeness (QED) is 0.836. The number of hydrogen-bond donors (Lipinski definition) is 1. The topological polar surface area (TPSA) is 49.8 Å². The molecule has 4 nitrogen and oxygen atoms in total. The molecule has 5 heteroatoms. The minimum absolute atomic E-state index is 0.169. The van der Waals surface area contributed by atoms with Crippen LogP contribution in [0.3, 0.4) is 0 Å². The van der Waals surface area contributed by atoms with Gasteiger partial charge in [-0.3, -0.25) is 9.69 Å². The summed E-state index contributed by atoms with van der Waals surface area (Å²) in [5.41, 5.74) is 1.98. The van der Waals surface area contributed by atoms with Gasteiger partial charge in [-0.15, -0.1) is 0 Å². The molecule has 25 heavy (non-hydrogen) atoms. The van der Waals surface area contributed by atoms with Crippen LogP contribution in [0.25, 0.3) is 6.08 Å². The molecule has 2 aromatic carbocycles. The summed E-state index contributed by atoms with van der Waals surface area (Å²) in [6.45, 7) is 2.59. The molecule has 2 aromatic rings. The molecule has 1 saturated heterocycles. The van der Waals surface area contributed by atoms with Crippen LogP contribution < -0.4 is 4.74 Å². The highest BCUT2D eigenvalue weighted by Crippen LogP contribution is 2.40. The average Bonchev–Trinajstić information content (AvgIpc) is 3.20. The number of carbonyl (C=O) groups is 1. The molecule has 2 heterocycles. The summed E-state index contributed by atoms with van der Waals surface area (Å²) in [5.74, 6) is 0.732. The van der Waals surface area contributed by atoms with E-state index in [1.165, 1.54) is 0 Å². The van der Waals surface area contributed by atoms with E-state index in [-0.39, 0.29) is 17.3 Å². The van der Waals surface area contributed by atoms with Crippen LogP contribution in [-0.2, 0) is 6.54 Å². The summed E-state index contributed by atoms with van der Waals surface area (Å²) in [5, 5.41) is 10.9. The van der Waals surface area contributed by atoms with Crippen LogP contribution in [-0.4, -0.2) is 28.9 Å². The number of hydrogen-bond acceptors (Lipinski definition) is 4.